The van der Waals surface area contributed by atoms with Crippen molar-refractivity contribution in [2.24, 2.45) is 11.8 Å². The van der Waals surface area contributed by atoms with E-state index >= 15 is 0 Å². The van der Waals surface area contributed by atoms with Gasteiger partial charge in [-0.15, -0.1) is 11.3 Å². The van der Waals surface area contributed by atoms with E-state index in [2.05, 4.69) is 19.2 Å². The third kappa shape index (κ3) is 4.92. The number of rotatable bonds is 7. The van der Waals surface area contributed by atoms with Crippen LogP contribution in [0.15, 0.2) is 46.0 Å². The van der Waals surface area contributed by atoms with E-state index < -0.39 is 10.0 Å². The predicted molar refractivity (Wildman–Crippen MR) is 111 cm³/mol. The Morgan fingerprint density at radius 1 is 1.21 bits per heavy atom. The smallest absolute Gasteiger partial charge is 0.252 e. The molecule has 0 saturated carbocycles. The van der Waals surface area contributed by atoms with Crippen LogP contribution in [-0.4, -0.2) is 38.3 Å². The minimum absolute atomic E-state index is 0.0891. The van der Waals surface area contributed by atoms with Gasteiger partial charge < -0.3 is 10.1 Å². The Labute approximate surface area is 170 Å². The fourth-order valence-electron chi connectivity index (χ4n) is 3.08. The Bertz CT molecular complexity index is 887. The highest BCUT2D eigenvalue weighted by Gasteiger charge is 2.32. The monoisotopic (exact) mass is 422 g/mol. The number of para-hydroxylation sites is 2. The number of sulfonamides is 1. The molecular weight excluding hydrogens is 396 g/mol. The summed E-state index contributed by atoms with van der Waals surface area (Å²) in [7, 11) is -3.45. The third-order valence-electron chi connectivity index (χ3n) is 4.63. The minimum Gasteiger partial charge on any atom is -0.491 e. The van der Waals surface area contributed by atoms with Crippen LogP contribution >= 0.6 is 11.3 Å². The Kier molecular flexibility index (Phi) is 6.74. The van der Waals surface area contributed by atoms with Crippen molar-refractivity contribution in [3.8, 4) is 5.75 Å². The van der Waals surface area contributed by atoms with Crippen molar-refractivity contribution in [3.05, 3.63) is 41.8 Å². The van der Waals surface area contributed by atoms with Gasteiger partial charge in [0.2, 0.25) is 5.91 Å². The molecule has 0 spiro atoms. The number of nitrogens with zero attached hydrogens (tertiary/aromatic N) is 1. The summed E-state index contributed by atoms with van der Waals surface area (Å²) in [5, 5.41) is 4.71. The van der Waals surface area contributed by atoms with E-state index in [0.717, 1.165) is 0 Å². The second-order valence-electron chi connectivity index (χ2n) is 7.30. The van der Waals surface area contributed by atoms with Crippen LogP contribution in [0.3, 0.4) is 0 Å². The Hall–Kier alpha value is -1.90. The number of anilines is 1. The molecule has 1 amide bonds. The van der Waals surface area contributed by atoms with Gasteiger partial charge in [0.1, 0.15) is 9.96 Å². The maximum Gasteiger partial charge on any atom is 0.252 e. The van der Waals surface area contributed by atoms with Gasteiger partial charge >= 0.3 is 0 Å². The van der Waals surface area contributed by atoms with Crippen LogP contribution in [0.2, 0.25) is 0 Å². The summed E-state index contributed by atoms with van der Waals surface area (Å²) < 4.78 is 32.8. The average Bonchev–Trinajstić information content (AvgIpc) is 3.23. The second-order valence-corrected chi connectivity index (χ2v) is 10.4. The number of amides is 1. The van der Waals surface area contributed by atoms with E-state index in [9.17, 15) is 13.2 Å². The largest absolute Gasteiger partial charge is 0.491 e. The molecule has 2 aromatic rings. The molecule has 1 saturated heterocycles. The number of carbonyl (C=O) groups is 1. The maximum absolute atomic E-state index is 12.7. The van der Waals surface area contributed by atoms with Gasteiger partial charge in [0, 0.05) is 19.0 Å². The van der Waals surface area contributed by atoms with Crippen molar-refractivity contribution in [1.82, 2.24) is 4.31 Å². The van der Waals surface area contributed by atoms with Crippen LogP contribution < -0.4 is 10.1 Å². The molecule has 1 fully saturated rings. The van der Waals surface area contributed by atoms with Crippen molar-refractivity contribution in [2.45, 2.75) is 30.9 Å². The number of ether oxygens (including phenoxy) is 1. The van der Waals surface area contributed by atoms with E-state index in [4.69, 9.17) is 4.74 Å². The van der Waals surface area contributed by atoms with Gasteiger partial charge in [-0.25, -0.2) is 8.42 Å². The fraction of sp³-hybridized carbons (Fsp3) is 0.450. The van der Waals surface area contributed by atoms with Gasteiger partial charge in [-0.2, -0.15) is 4.31 Å². The zero-order valence-corrected chi connectivity index (χ0v) is 17.8. The van der Waals surface area contributed by atoms with E-state index in [1.807, 2.05) is 24.3 Å². The van der Waals surface area contributed by atoms with Crippen LogP contribution in [0.1, 0.15) is 26.7 Å². The molecule has 3 rings (SSSR count). The maximum atomic E-state index is 12.7. The summed E-state index contributed by atoms with van der Waals surface area (Å²) in [5.74, 6) is 0.738. The third-order valence-corrected chi connectivity index (χ3v) is 7.90. The summed E-state index contributed by atoms with van der Waals surface area (Å²) in [6.07, 6.45) is 1.01. The summed E-state index contributed by atoms with van der Waals surface area (Å²) in [6.45, 7) is 5.41. The Balaban J connectivity index is 1.59. The van der Waals surface area contributed by atoms with Crippen LogP contribution in [-0.2, 0) is 14.8 Å². The number of nitrogens with one attached hydrogen (secondary N) is 1. The first-order chi connectivity index (χ1) is 13.4. The van der Waals surface area contributed by atoms with Gasteiger partial charge in [0.05, 0.1) is 12.3 Å². The summed E-state index contributed by atoms with van der Waals surface area (Å²) in [5.41, 5.74) is 0.654. The van der Waals surface area contributed by atoms with Crippen LogP contribution in [0.25, 0.3) is 0 Å². The molecule has 0 radical (unpaired) electrons. The molecule has 0 aliphatic carbocycles. The van der Waals surface area contributed by atoms with E-state index in [1.165, 1.54) is 15.6 Å². The van der Waals surface area contributed by atoms with Crippen LogP contribution in [0, 0.1) is 11.8 Å². The molecule has 8 heteroatoms. The number of thiophene rings is 1. The Morgan fingerprint density at radius 2 is 1.93 bits per heavy atom. The molecule has 152 valence electrons. The lowest BCUT2D eigenvalue weighted by Gasteiger charge is -2.30. The SMILES string of the molecule is CC(C)COc1ccccc1NC(=O)C1CCN(S(=O)(=O)c2cccs2)CC1. The van der Waals surface area contributed by atoms with Gasteiger partial charge in [-0.05, 0) is 42.3 Å². The molecule has 1 aliphatic rings. The Morgan fingerprint density at radius 3 is 2.57 bits per heavy atom. The highest BCUT2D eigenvalue weighted by atomic mass is 32.2. The molecule has 1 aliphatic heterocycles. The standard InChI is InChI=1S/C20H26N2O4S2/c1-15(2)14-26-18-7-4-3-6-17(18)21-20(23)16-9-11-22(12-10-16)28(24,25)19-8-5-13-27-19/h3-8,13,15-16H,9-12,14H2,1-2H3,(H,21,23). The van der Waals surface area contributed by atoms with Gasteiger partial charge in [0.25, 0.3) is 10.0 Å². The highest BCUT2D eigenvalue weighted by Crippen LogP contribution is 2.29. The second kappa shape index (κ2) is 9.07. The van der Waals surface area contributed by atoms with Gasteiger partial charge in [-0.1, -0.05) is 32.0 Å². The van der Waals surface area contributed by atoms with E-state index in [-0.39, 0.29) is 11.8 Å². The van der Waals surface area contributed by atoms with Crippen molar-refractivity contribution >= 4 is 33.0 Å². The first-order valence-electron chi connectivity index (χ1n) is 9.44. The summed E-state index contributed by atoms with van der Waals surface area (Å²) in [4.78, 5) is 12.7. The number of carbonyl (C=O) groups excluding carboxylic acids is 1. The van der Waals surface area contributed by atoms with Crippen molar-refractivity contribution in [2.75, 3.05) is 25.0 Å². The zero-order valence-electron chi connectivity index (χ0n) is 16.1. The minimum atomic E-state index is -3.45. The predicted octanol–water partition coefficient (Wildman–Crippen LogP) is 3.82. The molecule has 6 nitrogen and oxygen atoms in total. The molecule has 0 atom stereocenters. The number of hydrogen-bond donors (Lipinski definition) is 1. The molecule has 0 bridgehead atoms. The highest BCUT2D eigenvalue weighted by molar-refractivity contribution is 7.91. The topological polar surface area (TPSA) is 75.7 Å². The van der Waals surface area contributed by atoms with E-state index in [0.29, 0.717) is 54.1 Å². The van der Waals surface area contributed by atoms with E-state index in [1.54, 1.807) is 17.5 Å². The average molecular weight is 423 g/mol. The van der Waals surface area contributed by atoms with Crippen LogP contribution in [0.5, 0.6) is 5.75 Å². The molecule has 1 N–H and O–H groups in total. The molecular formula is C20H26N2O4S2. The first-order valence-corrected chi connectivity index (χ1v) is 11.8. The number of benzene rings is 1. The molecule has 0 unspecified atom stereocenters. The lowest BCUT2D eigenvalue weighted by Crippen LogP contribution is -2.41. The summed E-state index contributed by atoms with van der Waals surface area (Å²) in [6, 6.07) is 10.7. The van der Waals surface area contributed by atoms with Crippen molar-refractivity contribution < 1.29 is 17.9 Å². The van der Waals surface area contributed by atoms with Gasteiger partial charge in [0.15, 0.2) is 0 Å². The van der Waals surface area contributed by atoms with Gasteiger partial charge in [-0.3, -0.25) is 4.79 Å². The van der Waals surface area contributed by atoms with Crippen LogP contribution in [0.4, 0.5) is 5.69 Å². The molecule has 1 aromatic heterocycles. The first kappa shape index (κ1) is 20.8. The zero-order chi connectivity index (χ0) is 20.1. The fourth-order valence-corrected chi connectivity index (χ4v) is 5.70. The van der Waals surface area contributed by atoms with Crippen molar-refractivity contribution in [3.63, 3.8) is 0 Å². The molecule has 2 heterocycles. The van der Waals surface area contributed by atoms with Crippen molar-refractivity contribution in [1.29, 1.82) is 0 Å². The number of piperidine rings is 1. The summed E-state index contributed by atoms with van der Waals surface area (Å²) >= 11 is 1.22. The quantitative estimate of drug-likeness (QED) is 0.736. The number of hydrogen-bond acceptors (Lipinski definition) is 5. The molecule has 28 heavy (non-hydrogen) atoms. The lowest BCUT2D eigenvalue weighted by molar-refractivity contribution is -0.120. The molecule has 1 aromatic carbocycles. The lowest BCUT2D eigenvalue weighted by atomic mass is 9.97. The normalized spacial score (nSPS) is 16.2.